The number of hydrogen-bond donors (Lipinski definition) is 1. The Hall–Kier alpha value is -1.46. The minimum atomic E-state index is -0.302. The lowest BCUT2D eigenvalue weighted by molar-refractivity contribution is 0.0600. The van der Waals surface area contributed by atoms with Gasteiger partial charge in [0.1, 0.15) is 0 Å². The van der Waals surface area contributed by atoms with E-state index >= 15 is 0 Å². The molecule has 1 fully saturated rings. The molecule has 20 heavy (non-hydrogen) atoms. The van der Waals surface area contributed by atoms with Gasteiger partial charge in [0.2, 0.25) is 0 Å². The molecule has 0 atom stereocenters. The first-order valence-corrected chi connectivity index (χ1v) is 7.20. The van der Waals surface area contributed by atoms with Gasteiger partial charge >= 0.3 is 5.97 Å². The molecule has 1 aromatic rings. The largest absolute Gasteiger partial charge is 0.465 e. The van der Waals surface area contributed by atoms with Crippen LogP contribution in [0.2, 0.25) is 0 Å². The number of esters is 1. The molecular formula is C15H20N2O2S. The molecule has 1 saturated carbocycles. The monoisotopic (exact) mass is 292 g/mol. The van der Waals surface area contributed by atoms with Crippen LogP contribution in [-0.4, -0.2) is 35.6 Å². The summed E-state index contributed by atoms with van der Waals surface area (Å²) in [5.74, 6) is -0.302. The van der Waals surface area contributed by atoms with E-state index in [0.717, 1.165) is 19.5 Å². The number of carbonyl (C=O) groups is 1. The molecule has 1 aliphatic rings. The normalized spacial score (nSPS) is 14.3. The molecule has 0 saturated heterocycles. The molecule has 2 rings (SSSR count). The molecule has 108 valence electrons. The number of nitrogens with two attached hydrogens (primary N) is 1. The quantitative estimate of drug-likeness (QED) is 0.616. The highest BCUT2D eigenvalue weighted by Crippen LogP contribution is 2.28. The molecule has 0 amide bonds. The Morgan fingerprint density at radius 3 is 2.55 bits per heavy atom. The molecule has 1 aliphatic carbocycles. The van der Waals surface area contributed by atoms with Gasteiger partial charge in [0.25, 0.3) is 0 Å². The van der Waals surface area contributed by atoms with Crippen molar-refractivity contribution in [3.8, 4) is 0 Å². The van der Waals surface area contributed by atoms with E-state index in [-0.39, 0.29) is 5.97 Å². The average Bonchev–Trinajstić information content (AvgIpc) is 3.27. The zero-order valence-corrected chi connectivity index (χ0v) is 12.5. The minimum absolute atomic E-state index is 0.302. The maximum Gasteiger partial charge on any atom is 0.337 e. The third-order valence-electron chi connectivity index (χ3n) is 3.47. The van der Waals surface area contributed by atoms with E-state index in [1.165, 1.54) is 25.5 Å². The summed E-state index contributed by atoms with van der Waals surface area (Å²) in [6, 6.07) is 8.22. The smallest absolute Gasteiger partial charge is 0.337 e. The predicted octanol–water partition coefficient (Wildman–Crippen LogP) is 2.11. The molecule has 4 nitrogen and oxygen atoms in total. The average molecular weight is 292 g/mol. The van der Waals surface area contributed by atoms with E-state index in [1.54, 1.807) is 12.1 Å². The summed E-state index contributed by atoms with van der Waals surface area (Å²) in [5, 5.41) is 0. The van der Waals surface area contributed by atoms with Crippen molar-refractivity contribution in [3.63, 3.8) is 0 Å². The van der Waals surface area contributed by atoms with Gasteiger partial charge in [-0.2, -0.15) is 0 Å². The van der Waals surface area contributed by atoms with E-state index < -0.39 is 0 Å². The van der Waals surface area contributed by atoms with Gasteiger partial charge in [0.05, 0.1) is 17.7 Å². The molecule has 0 spiro atoms. The van der Waals surface area contributed by atoms with Crippen LogP contribution >= 0.6 is 12.2 Å². The van der Waals surface area contributed by atoms with E-state index in [2.05, 4.69) is 4.90 Å². The Bertz CT molecular complexity index is 483. The van der Waals surface area contributed by atoms with Gasteiger partial charge in [0, 0.05) is 25.6 Å². The lowest BCUT2D eigenvalue weighted by Crippen LogP contribution is -2.29. The number of nitrogens with zero attached hydrogens (tertiary/aromatic N) is 1. The van der Waals surface area contributed by atoms with E-state index in [1.807, 2.05) is 12.1 Å². The van der Waals surface area contributed by atoms with Gasteiger partial charge in [-0.25, -0.2) is 4.79 Å². The van der Waals surface area contributed by atoms with E-state index in [0.29, 0.717) is 16.6 Å². The lowest BCUT2D eigenvalue weighted by atomic mass is 10.1. The number of methoxy groups -OCH3 is 1. The first-order valence-electron chi connectivity index (χ1n) is 6.79. The number of thiocarbonyl (C=S) groups is 1. The van der Waals surface area contributed by atoms with Crippen molar-refractivity contribution < 1.29 is 9.53 Å². The second-order valence-electron chi connectivity index (χ2n) is 5.11. The predicted molar refractivity (Wildman–Crippen MR) is 82.6 cm³/mol. The molecule has 5 heteroatoms. The fourth-order valence-electron chi connectivity index (χ4n) is 2.18. The van der Waals surface area contributed by atoms with Crippen molar-refractivity contribution in [3.05, 3.63) is 35.4 Å². The topological polar surface area (TPSA) is 55.6 Å². The van der Waals surface area contributed by atoms with Crippen LogP contribution in [0.3, 0.4) is 0 Å². The van der Waals surface area contributed by atoms with Crippen molar-refractivity contribution in [2.45, 2.75) is 31.8 Å². The fourth-order valence-corrected chi connectivity index (χ4v) is 2.27. The van der Waals surface area contributed by atoms with Crippen LogP contribution in [-0.2, 0) is 11.3 Å². The van der Waals surface area contributed by atoms with Crippen LogP contribution in [0, 0.1) is 0 Å². The molecule has 0 radical (unpaired) electrons. The van der Waals surface area contributed by atoms with Crippen LogP contribution in [0.25, 0.3) is 0 Å². The Balaban J connectivity index is 1.96. The summed E-state index contributed by atoms with van der Waals surface area (Å²) in [7, 11) is 1.39. The number of rotatable bonds is 7. The Morgan fingerprint density at radius 1 is 1.40 bits per heavy atom. The van der Waals surface area contributed by atoms with Crippen LogP contribution in [0.15, 0.2) is 24.3 Å². The first kappa shape index (κ1) is 14.9. The zero-order valence-electron chi connectivity index (χ0n) is 11.7. The van der Waals surface area contributed by atoms with Crippen LogP contribution < -0.4 is 5.73 Å². The standard InChI is InChI=1S/C15H20N2O2S/c1-19-15(18)12-4-2-11(3-5-12)10-17(13-6-7-13)9-8-14(16)20/h2-5,13H,6-10H2,1H3,(H2,16,20). The van der Waals surface area contributed by atoms with Crippen LogP contribution in [0.1, 0.15) is 35.2 Å². The summed E-state index contributed by atoms with van der Waals surface area (Å²) in [5.41, 5.74) is 7.34. The molecular weight excluding hydrogens is 272 g/mol. The molecule has 1 aromatic carbocycles. The van der Waals surface area contributed by atoms with Crippen molar-refractivity contribution in [1.29, 1.82) is 0 Å². The van der Waals surface area contributed by atoms with E-state index in [9.17, 15) is 4.79 Å². The van der Waals surface area contributed by atoms with Gasteiger partial charge in [-0.15, -0.1) is 0 Å². The van der Waals surface area contributed by atoms with Crippen molar-refractivity contribution >= 4 is 23.2 Å². The van der Waals surface area contributed by atoms with E-state index in [4.69, 9.17) is 22.7 Å². The summed E-state index contributed by atoms with van der Waals surface area (Å²) in [6.45, 7) is 1.77. The molecule has 0 bridgehead atoms. The molecule has 0 aromatic heterocycles. The number of hydrogen-bond acceptors (Lipinski definition) is 4. The number of benzene rings is 1. The highest BCUT2D eigenvalue weighted by Gasteiger charge is 2.28. The molecule has 0 aliphatic heterocycles. The third kappa shape index (κ3) is 4.28. The summed E-state index contributed by atoms with van der Waals surface area (Å²) in [4.78, 5) is 14.4. The zero-order chi connectivity index (χ0) is 14.5. The van der Waals surface area contributed by atoms with Gasteiger partial charge in [-0.05, 0) is 30.5 Å². The Labute approximate surface area is 124 Å². The number of carbonyl (C=O) groups excluding carboxylic acids is 1. The lowest BCUT2D eigenvalue weighted by Gasteiger charge is -2.21. The van der Waals surface area contributed by atoms with Gasteiger partial charge < -0.3 is 10.5 Å². The van der Waals surface area contributed by atoms with Gasteiger partial charge in [-0.1, -0.05) is 24.4 Å². The Morgan fingerprint density at radius 2 is 2.05 bits per heavy atom. The van der Waals surface area contributed by atoms with Crippen molar-refractivity contribution in [2.24, 2.45) is 5.73 Å². The van der Waals surface area contributed by atoms with Crippen LogP contribution in [0.5, 0.6) is 0 Å². The maximum absolute atomic E-state index is 11.4. The highest BCUT2D eigenvalue weighted by molar-refractivity contribution is 7.80. The van der Waals surface area contributed by atoms with Crippen LogP contribution in [0.4, 0.5) is 0 Å². The summed E-state index contributed by atoms with van der Waals surface area (Å²) >= 11 is 4.94. The second-order valence-corrected chi connectivity index (χ2v) is 5.63. The van der Waals surface area contributed by atoms with Gasteiger partial charge in [0.15, 0.2) is 0 Å². The summed E-state index contributed by atoms with van der Waals surface area (Å²) < 4.78 is 4.69. The Kier molecular flexibility index (Phi) is 5.09. The third-order valence-corrected chi connectivity index (χ3v) is 3.67. The minimum Gasteiger partial charge on any atom is -0.465 e. The SMILES string of the molecule is COC(=O)c1ccc(CN(CCC(N)=S)C2CC2)cc1. The highest BCUT2D eigenvalue weighted by atomic mass is 32.1. The molecule has 0 unspecified atom stereocenters. The first-order chi connectivity index (χ1) is 9.60. The molecule has 2 N–H and O–H groups in total. The second kappa shape index (κ2) is 6.81. The van der Waals surface area contributed by atoms with Crippen molar-refractivity contribution in [1.82, 2.24) is 4.90 Å². The summed E-state index contributed by atoms with van der Waals surface area (Å²) in [6.07, 6.45) is 3.25. The fraction of sp³-hybridized carbons (Fsp3) is 0.467. The number of ether oxygens (including phenoxy) is 1. The van der Waals surface area contributed by atoms with Gasteiger partial charge in [-0.3, -0.25) is 4.90 Å². The van der Waals surface area contributed by atoms with Crippen molar-refractivity contribution in [2.75, 3.05) is 13.7 Å². The maximum atomic E-state index is 11.4. The molecule has 0 heterocycles.